The molecule has 6 heteroatoms. The summed E-state index contributed by atoms with van der Waals surface area (Å²) in [5, 5.41) is 19.9. The minimum absolute atomic E-state index is 0.0639. The van der Waals surface area contributed by atoms with Crippen molar-refractivity contribution in [1.82, 2.24) is 20.4 Å². The zero-order valence-corrected chi connectivity index (χ0v) is 14.5. The summed E-state index contributed by atoms with van der Waals surface area (Å²) in [6, 6.07) is 9.78. The number of rotatable bonds is 7. The Hall–Kier alpha value is -2.34. The molecule has 0 fully saturated rings. The Morgan fingerprint density at radius 1 is 1.25 bits per heavy atom. The predicted octanol–water partition coefficient (Wildman–Crippen LogP) is 2.14. The zero-order valence-electron chi connectivity index (χ0n) is 14.5. The van der Waals surface area contributed by atoms with Crippen LogP contribution in [0.15, 0.2) is 42.7 Å². The highest BCUT2D eigenvalue weighted by Gasteiger charge is 2.25. The molecule has 0 aliphatic carbocycles. The van der Waals surface area contributed by atoms with Crippen LogP contribution in [0, 0.1) is 5.92 Å². The molecule has 2 rings (SSSR count). The number of aliphatic hydroxyl groups is 1. The summed E-state index contributed by atoms with van der Waals surface area (Å²) in [6.07, 6.45) is 3.66. The molecular formula is C18H26N4O2. The van der Waals surface area contributed by atoms with Gasteiger partial charge in [0.15, 0.2) is 0 Å². The molecule has 1 atom stereocenters. The molecule has 6 nitrogen and oxygen atoms in total. The molecule has 0 radical (unpaired) electrons. The summed E-state index contributed by atoms with van der Waals surface area (Å²) >= 11 is 0. The number of benzene rings is 1. The number of hydrogen-bond donors (Lipinski definition) is 3. The van der Waals surface area contributed by atoms with E-state index >= 15 is 0 Å². The quantitative estimate of drug-likeness (QED) is 0.728. The summed E-state index contributed by atoms with van der Waals surface area (Å²) < 4.78 is 1.84. The molecule has 1 heterocycles. The van der Waals surface area contributed by atoms with E-state index in [0.29, 0.717) is 13.1 Å². The second-order valence-corrected chi connectivity index (χ2v) is 6.58. The Kier molecular flexibility index (Phi) is 5.98. The summed E-state index contributed by atoms with van der Waals surface area (Å²) in [4.78, 5) is 11.8. The summed E-state index contributed by atoms with van der Waals surface area (Å²) in [5.74, 6) is 0.0639. The largest absolute Gasteiger partial charge is 0.388 e. The molecule has 2 amide bonds. The van der Waals surface area contributed by atoms with Crippen LogP contribution < -0.4 is 10.6 Å². The van der Waals surface area contributed by atoms with Gasteiger partial charge in [0.2, 0.25) is 0 Å². The molecule has 1 aromatic carbocycles. The van der Waals surface area contributed by atoms with Crippen LogP contribution in [0.25, 0.3) is 0 Å². The first kappa shape index (κ1) is 18.0. The molecule has 0 saturated heterocycles. The maximum absolute atomic E-state index is 11.8. The normalized spacial score (nSPS) is 13.5. The monoisotopic (exact) mass is 330 g/mol. The lowest BCUT2D eigenvalue weighted by Crippen LogP contribution is -2.47. The number of carbonyl (C=O) groups is 1. The van der Waals surface area contributed by atoms with Crippen LogP contribution in [0.4, 0.5) is 4.79 Å². The topological polar surface area (TPSA) is 79.2 Å². The van der Waals surface area contributed by atoms with Crippen molar-refractivity contribution in [3.8, 4) is 0 Å². The Balaban J connectivity index is 1.77. The highest BCUT2D eigenvalue weighted by atomic mass is 16.3. The molecule has 1 unspecified atom stereocenters. The second kappa shape index (κ2) is 7.97. The van der Waals surface area contributed by atoms with Crippen LogP contribution in [0.3, 0.4) is 0 Å². The van der Waals surface area contributed by atoms with Gasteiger partial charge in [-0.05, 0) is 18.4 Å². The fourth-order valence-corrected chi connectivity index (χ4v) is 2.06. The molecule has 0 bridgehead atoms. The average molecular weight is 330 g/mol. The number of hydrogen-bond acceptors (Lipinski definition) is 3. The van der Waals surface area contributed by atoms with E-state index in [4.69, 9.17) is 0 Å². The van der Waals surface area contributed by atoms with Crippen LogP contribution in [-0.4, -0.2) is 33.1 Å². The first-order valence-corrected chi connectivity index (χ1v) is 8.16. The van der Waals surface area contributed by atoms with Gasteiger partial charge in [-0.2, -0.15) is 5.10 Å². The van der Waals surface area contributed by atoms with Crippen molar-refractivity contribution in [2.24, 2.45) is 5.92 Å². The number of nitrogens with zero attached hydrogens (tertiary/aromatic N) is 2. The van der Waals surface area contributed by atoms with Crippen molar-refractivity contribution >= 4 is 6.03 Å². The molecule has 0 aliphatic rings. The minimum atomic E-state index is -0.919. The number of amides is 2. The van der Waals surface area contributed by atoms with E-state index in [1.807, 2.05) is 55.1 Å². The predicted molar refractivity (Wildman–Crippen MR) is 93.5 cm³/mol. The highest BCUT2D eigenvalue weighted by Crippen LogP contribution is 2.14. The van der Waals surface area contributed by atoms with Gasteiger partial charge in [0.1, 0.15) is 0 Å². The van der Waals surface area contributed by atoms with Gasteiger partial charge in [0.05, 0.1) is 18.3 Å². The van der Waals surface area contributed by atoms with Crippen LogP contribution in [0.5, 0.6) is 0 Å². The third-order valence-corrected chi connectivity index (χ3v) is 4.18. The van der Waals surface area contributed by atoms with Gasteiger partial charge in [0, 0.05) is 24.8 Å². The van der Waals surface area contributed by atoms with Gasteiger partial charge in [-0.25, -0.2) is 4.79 Å². The smallest absolute Gasteiger partial charge is 0.315 e. The van der Waals surface area contributed by atoms with E-state index in [1.165, 1.54) is 5.56 Å². The molecule has 2 aromatic rings. The fourth-order valence-electron chi connectivity index (χ4n) is 2.06. The molecule has 0 saturated carbocycles. The molecule has 130 valence electrons. The van der Waals surface area contributed by atoms with E-state index < -0.39 is 5.60 Å². The van der Waals surface area contributed by atoms with Crippen molar-refractivity contribution in [1.29, 1.82) is 0 Å². The van der Waals surface area contributed by atoms with Gasteiger partial charge >= 0.3 is 6.03 Å². The number of urea groups is 1. The van der Waals surface area contributed by atoms with Crippen LogP contribution >= 0.6 is 0 Å². The Morgan fingerprint density at radius 3 is 2.62 bits per heavy atom. The molecule has 3 N–H and O–H groups in total. The van der Waals surface area contributed by atoms with Crippen LogP contribution in [0.1, 0.15) is 31.9 Å². The van der Waals surface area contributed by atoms with Crippen molar-refractivity contribution in [2.75, 3.05) is 6.54 Å². The molecule has 0 spiro atoms. The molecule has 0 aliphatic heterocycles. The van der Waals surface area contributed by atoms with Gasteiger partial charge in [0.25, 0.3) is 0 Å². The number of aromatic nitrogens is 2. The van der Waals surface area contributed by atoms with E-state index in [2.05, 4.69) is 15.7 Å². The first-order chi connectivity index (χ1) is 11.4. The summed E-state index contributed by atoms with van der Waals surface area (Å²) in [7, 11) is 0. The number of carbonyl (C=O) groups excluding carboxylic acids is 1. The maximum atomic E-state index is 11.8. The third-order valence-electron chi connectivity index (χ3n) is 4.18. The van der Waals surface area contributed by atoms with Gasteiger partial charge < -0.3 is 15.7 Å². The molecule has 24 heavy (non-hydrogen) atoms. The molecular weight excluding hydrogens is 304 g/mol. The highest BCUT2D eigenvalue weighted by molar-refractivity contribution is 5.73. The lowest BCUT2D eigenvalue weighted by molar-refractivity contribution is 0.0166. The Morgan fingerprint density at radius 2 is 1.96 bits per heavy atom. The van der Waals surface area contributed by atoms with Crippen molar-refractivity contribution in [2.45, 2.75) is 39.5 Å². The van der Waals surface area contributed by atoms with E-state index in [-0.39, 0.29) is 18.5 Å². The molecule has 1 aromatic heterocycles. The van der Waals surface area contributed by atoms with E-state index in [1.54, 1.807) is 13.1 Å². The third kappa shape index (κ3) is 5.38. The first-order valence-electron chi connectivity index (χ1n) is 8.16. The van der Waals surface area contributed by atoms with Crippen molar-refractivity contribution in [3.63, 3.8) is 0 Å². The summed E-state index contributed by atoms with van der Waals surface area (Å²) in [5.41, 5.74) is 1.18. The second-order valence-electron chi connectivity index (χ2n) is 6.58. The Bertz CT molecular complexity index is 650. The van der Waals surface area contributed by atoms with Crippen molar-refractivity contribution in [3.05, 3.63) is 53.9 Å². The minimum Gasteiger partial charge on any atom is -0.388 e. The fraction of sp³-hybridized carbons (Fsp3) is 0.444. The maximum Gasteiger partial charge on any atom is 0.315 e. The van der Waals surface area contributed by atoms with Crippen molar-refractivity contribution < 1.29 is 9.90 Å². The van der Waals surface area contributed by atoms with Crippen LogP contribution in [-0.2, 0) is 13.1 Å². The van der Waals surface area contributed by atoms with E-state index in [9.17, 15) is 9.90 Å². The van der Waals surface area contributed by atoms with Gasteiger partial charge in [-0.15, -0.1) is 0 Å². The standard InChI is InChI=1S/C18H26N4O2/c1-14(2)18(3,24)13-20-17(23)19-9-16-10-21-22(12-16)11-15-7-5-4-6-8-15/h4-8,10,12,14,24H,9,11,13H2,1-3H3,(H2,19,20,23). The average Bonchev–Trinajstić information content (AvgIpc) is 2.99. The Labute approximate surface area is 142 Å². The van der Waals surface area contributed by atoms with E-state index in [0.717, 1.165) is 5.56 Å². The zero-order chi connectivity index (χ0) is 17.6. The summed E-state index contributed by atoms with van der Waals surface area (Å²) in [6.45, 7) is 6.85. The SMILES string of the molecule is CC(C)C(C)(O)CNC(=O)NCc1cnn(Cc2ccccc2)c1. The van der Waals surface area contributed by atoms with Crippen LogP contribution in [0.2, 0.25) is 0 Å². The lowest BCUT2D eigenvalue weighted by atomic mass is 9.93. The van der Waals surface area contributed by atoms with Gasteiger partial charge in [-0.1, -0.05) is 44.2 Å². The van der Waals surface area contributed by atoms with Gasteiger partial charge in [-0.3, -0.25) is 4.68 Å². The lowest BCUT2D eigenvalue weighted by Gasteiger charge is -2.27. The number of nitrogens with one attached hydrogen (secondary N) is 2.